The Morgan fingerprint density at radius 2 is 1.72 bits per heavy atom. The number of H-pyrrole nitrogens is 1. The number of anilines is 2. The number of carbonyl (C=O) groups excluding carboxylic acids is 1. The highest BCUT2D eigenvalue weighted by Crippen LogP contribution is 2.31. The standard InChI is InChI=1S/C24H20F4N4O3S/c1-2-36(34,35)32-15-10-11-16(17(12-15)13-6-8-14(9-7-13)21(25)26)24(33)30-19-5-3-4-18-20(19)31-23(29-18)22(27)28/h3-12,21-22,32H,2H2,1H3,(H,29,31)(H,30,33). The van der Waals surface area contributed by atoms with E-state index in [0.29, 0.717) is 11.1 Å². The molecule has 4 rings (SSSR count). The third kappa shape index (κ3) is 5.33. The monoisotopic (exact) mass is 520 g/mol. The fourth-order valence-electron chi connectivity index (χ4n) is 3.55. The summed E-state index contributed by atoms with van der Waals surface area (Å²) >= 11 is 0. The molecule has 1 amide bonds. The van der Waals surface area contributed by atoms with Crippen LogP contribution in [0.2, 0.25) is 0 Å². The van der Waals surface area contributed by atoms with Crippen LogP contribution in [0.5, 0.6) is 0 Å². The smallest absolute Gasteiger partial charge is 0.295 e. The first kappa shape index (κ1) is 25.2. The van der Waals surface area contributed by atoms with Crippen LogP contribution in [0, 0.1) is 0 Å². The van der Waals surface area contributed by atoms with Crippen LogP contribution in [0.1, 0.15) is 41.5 Å². The van der Waals surface area contributed by atoms with E-state index in [9.17, 15) is 30.8 Å². The van der Waals surface area contributed by atoms with E-state index in [0.717, 1.165) is 0 Å². The minimum Gasteiger partial charge on any atom is -0.337 e. The largest absolute Gasteiger partial charge is 0.337 e. The summed E-state index contributed by atoms with van der Waals surface area (Å²) < 4.78 is 78.7. The predicted molar refractivity (Wildman–Crippen MR) is 129 cm³/mol. The van der Waals surface area contributed by atoms with Gasteiger partial charge in [0, 0.05) is 16.8 Å². The first-order valence-corrected chi connectivity index (χ1v) is 12.3. The molecular weight excluding hydrogens is 500 g/mol. The molecule has 0 aliphatic rings. The summed E-state index contributed by atoms with van der Waals surface area (Å²) in [6, 6.07) is 14.0. The van der Waals surface area contributed by atoms with Crippen molar-refractivity contribution in [2.45, 2.75) is 19.8 Å². The number of aromatic nitrogens is 2. The van der Waals surface area contributed by atoms with Crippen LogP contribution in [-0.2, 0) is 10.0 Å². The number of nitrogens with zero attached hydrogens (tertiary/aromatic N) is 1. The van der Waals surface area contributed by atoms with Crippen molar-refractivity contribution in [3.8, 4) is 11.1 Å². The van der Waals surface area contributed by atoms with Gasteiger partial charge in [-0.2, -0.15) is 0 Å². The van der Waals surface area contributed by atoms with Crippen LogP contribution in [0.3, 0.4) is 0 Å². The molecule has 0 aliphatic heterocycles. The molecule has 7 nitrogen and oxygen atoms in total. The molecule has 1 heterocycles. The van der Waals surface area contributed by atoms with Gasteiger partial charge in [-0.15, -0.1) is 0 Å². The number of hydrogen-bond donors (Lipinski definition) is 3. The number of hydrogen-bond acceptors (Lipinski definition) is 4. The number of imidazole rings is 1. The third-order valence-electron chi connectivity index (χ3n) is 5.38. The molecular formula is C24H20F4N4O3S. The second-order valence-electron chi connectivity index (χ2n) is 7.77. The quantitative estimate of drug-likeness (QED) is 0.244. The lowest BCUT2D eigenvalue weighted by Crippen LogP contribution is -2.16. The van der Waals surface area contributed by atoms with Crippen LogP contribution < -0.4 is 10.0 Å². The number of carbonyl (C=O) groups is 1. The molecule has 36 heavy (non-hydrogen) atoms. The molecule has 4 aromatic rings. The highest BCUT2D eigenvalue weighted by atomic mass is 32.2. The van der Waals surface area contributed by atoms with Gasteiger partial charge in [-0.3, -0.25) is 9.52 Å². The van der Waals surface area contributed by atoms with Crippen molar-refractivity contribution in [2.75, 3.05) is 15.8 Å². The molecule has 0 saturated carbocycles. The average Bonchev–Trinajstić information content (AvgIpc) is 3.30. The number of nitrogens with one attached hydrogen (secondary N) is 3. The van der Waals surface area contributed by atoms with Gasteiger partial charge in [0.15, 0.2) is 5.82 Å². The third-order valence-corrected chi connectivity index (χ3v) is 6.68. The molecule has 0 unspecified atom stereocenters. The molecule has 3 aromatic carbocycles. The van der Waals surface area contributed by atoms with E-state index >= 15 is 0 Å². The van der Waals surface area contributed by atoms with E-state index in [4.69, 9.17) is 0 Å². The SMILES string of the molecule is CCS(=O)(=O)Nc1ccc(C(=O)Nc2cccc3[nH]c(C(F)F)nc23)c(-c2ccc(C(F)F)cc2)c1. The van der Waals surface area contributed by atoms with Gasteiger partial charge in [-0.25, -0.2) is 31.0 Å². The number of sulfonamides is 1. The number of amides is 1. The van der Waals surface area contributed by atoms with E-state index in [2.05, 4.69) is 20.0 Å². The van der Waals surface area contributed by atoms with Crippen molar-refractivity contribution in [3.63, 3.8) is 0 Å². The number of aromatic amines is 1. The number of fused-ring (bicyclic) bond motifs is 1. The van der Waals surface area contributed by atoms with Gasteiger partial charge in [-0.05, 0) is 48.4 Å². The zero-order valence-electron chi connectivity index (χ0n) is 18.7. The number of benzene rings is 3. The molecule has 0 fully saturated rings. The molecule has 1 aromatic heterocycles. The van der Waals surface area contributed by atoms with Crippen LogP contribution >= 0.6 is 0 Å². The molecule has 0 saturated heterocycles. The van der Waals surface area contributed by atoms with Crippen LogP contribution in [0.15, 0.2) is 60.7 Å². The fraction of sp³-hybridized carbons (Fsp3) is 0.167. The van der Waals surface area contributed by atoms with E-state index in [1.807, 2.05) is 0 Å². The predicted octanol–water partition coefficient (Wildman–Crippen LogP) is 6.12. The average molecular weight is 521 g/mol. The molecule has 0 bridgehead atoms. The maximum atomic E-state index is 13.3. The van der Waals surface area contributed by atoms with Crippen LogP contribution in [-0.4, -0.2) is 30.0 Å². The second-order valence-corrected chi connectivity index (χ2v) is 9.78. The Labute approximate surface area is 203 Å². The lowest BCUT2D eigenvalue weighted by atomic mass is 9.97. The van der Waals surface area contributed by atoms with Crippen molar-refractivity contribution in [1.29, 1.82) is 0 Å². The zero-order valence-corrected chi connectivity index (χ0v) is 19.5. The Hall–Kier alpha value is -3.93. The first-order chi connectivity index (χ1) is 17.1. The highest BCUT2D eigenvalue weighted by molar-refractivity contribution is 7.92. The zero-order chi connectivity index (χ0) is 26.0. The molecule has 0 atom stereocenters. The summed E-state index contributed by atoms with van der Waals surface area (Å²) in [4.78, 5) is 19.6. The van der Waals surface area contributed by atoms with Gasteiger partial charge < -0.3 is 10.3 Å². The summed E-state index contributed by atoms with van der Waals surface area (Å²) in [5.74, 6) is -1.36. The Bertz CT molecular complexity index is 1520. The van der Waals surface area contributed by atoms with Gasteiger partial charge in [0.05, 0.1) is 17.0 Å². The fourth-order valence-corrected chi connectivity index (χ4v) is 4.18. The summed E-state index contributed by atoms with van der Waals surface area (Å²) in [7, 11) is -3.62. The molecule has 188 valence electrons. The van der Waals surface area contributed by atoms with Crippen molar-refractivity contribution in [1.82, 2.24) is 9.97 Å². The number of rotatable bonds is 8. The minimum absolute atomic E-state index is 0.0980. The number of para-hydroxylation sites is 1. The summed E-state index contributed by atoms with van der Waals surface area (Å²) in [5.41, 5.74) is 1.33. The second kappa shape index (κ2) is 9.97. The van der Waals surface area contributed by atoms with Crippen molar-refractivity contribution >= 4 is 38.3 Å². The molecule has 3 N–H and O–H groups in total. The Morgan fingerprint density at radius 1 is 1.00 bits per heavy atom. The van der Waals surface area contributed by atoms with Crippen molar-refractivity contribution < 1.29 is 30.8 Å². The van der Waals surface area contributed by atoms with Gasteiger partial charge in [0.2, 0.25) is 10.0 Å². The van der Waals surface area contributed by atoms with Crippen LogP contribution in [0.25, 0.3) is 22.2 Å². The van der Waals surface area contributed by atoms with Gasteiger partial charge in [0.1, 0.15) is 5.52 Å². The first-order valence-electron chi connectivity index (χ1n) is 10.7. The van der Waals surface area contributed by atoms with Gasteiger partial charge >= 0.3 is 0 Å². The van der Waals surface area contributed by atoms with E-state index in [-0.39, 0.29) is 39.3 Å². The Kier molecular flexibility index (Phi) is 6.97. The molecule has 0 spiro atoms. The van der Waals surface area contributed by atoms with Crippen molar-refractivity contribution in [2.24, 2.45) is 0 Å². The van der Waals surface area contributed by atoms with Gasteiger partial charge in [0.25, 0.3) is 18.8 Å². The topological polar surface area (TPSA) is 104 Å². The summed E-state index contributed by atoms with van der Waals surface area (Å²) in [6.07, 6.45) is -5.51. The highest BCUT2D eigenvalue weighted by Gasteiger charge is 2.19. The van der Waals surface area contributed by atoms with Gasteiger partial charge in [-0.1, -0.05) is 30.3 Å². The van der Waals surface area contributed by atoms with Crippen LogP contribution in [0.4, 0.5) is 28.9 Å². The minimum atomic E-state index is -3.62. The van der Waals surface area contributed by atoms with E-state index in [1.165, 1.54) is 61.5 Å². The lowest BCUT2D eigenvalue weighted by molar-refractivity contribution is 0.102. The Balaban J connectivity index is 1.75. The Morgan fingerprint density at radius 3 is 2.36 bits per heavy atom. The van der Waals surface area contributed by atoms with E-state index < -0.39 is 34.6 Å². The molecule has 0 radical (unpaired) electrons. The normalized spacial score (nSPS) is 11.9. The number of alkyl halides is 4. The maximum absolute atomic E-state index is 13.3. The molecule has 0 aliphatic carbocycles. The summed E-state index contributed by atoms with van der Waals surface area (Å²) in [5, 5.41) is 2.65. The van der Waals surface area contributed by atoms with E-state index in [1.54, 1.807) is 6.07 Å². The molecule has 12 heteroatoms. The summed E-state index contributed by atoms with van der Waals surface area (Å²) in [6.45, 7) is 1.46. The maximum Gasteiger partial charge on any atom is 0.295 e. The number of halogens is 4. The van der Waals surface area contributed by atoms with Crippen molar-refractivity contribution in [3.05, 3.63) is 77.6 Å². The lowest BCUT2D eigenvalue weighted by Gasteiger charge is -2.14.